The topological polar surface area (TPSA) is 59.3 Å². The van der Waals surface area contributed by atoms with Crippen molar-refractivity contribution in [3.05, 3.63) is 92.3 Å². The molecule has 0 atom stereocenters. The van der Waals surface area contributed by atoms with Gasteiger partial charge in [-0.05, 0) is 54.5 Å². The van der Waals surface area contributed by atoms with Crippen LogP contribution in [0.3, 0.4) is 0 Å². The lowest BCUT2D eigenvalue weighted by atomic mass is 9.97. The summed E-state index contributed by atoms with van der Waals surface area (Å²) in [6.07, 6.45) is 5.80. The van der Waals surface area contributed by atoms with Crippen molar-refractivity contribution in [2.45, 2.75) is 32.2 Å². The Hall–Kier alpha value is -3.32. The molecular formula is C24H21FN4OS. The van der Waals surface area contributed by atoms with Crippen LogP contribution in [0.5, 0.6) is 0 Å². The lowest BCUT2D eigenvalue weighted by Gasteiger charge is -2.13. The molecule has 0 saturated carbocycles. The molecule has 7 heteroatoms. The zero-order valence-corrected chi connectivity index (χ0v) is 17.7. The molecule has 0 saturated heterocycles. The van der Waals surface area contributed by atoms with Gasteiger partial charge in [0.2, 0.25) is 5.95 Å². The maximum atomic E-state index is 13.6. The summed E-state index contributed by atoms with van der Waals surface area (Å²) in [5.74, 6) is 0.105. The number of nitrogens with one attached hydrogen (secondary N) is 1. The molecule has 5 nitrogen and oxygen atoms in total. The number of hydrogen-bond acceptors (Lipinski definition) is 5. The highest BCUT2D eigenvalue weighted by Gasteiger charge is 2.22. The van der Waals surface area contributed by atoms with E-state index in [0.29, 0.717) is 12.5 Å². The molecule has 1 aliphatic rings. The van der Waals surface area contributed by atoms with Crippen LogP contribution in [0.1, 0.15) is 34.4 Å². The van der Waals surface area contributed by atoms with E-state index in [0.717, 1.165) is 47.0 Å². The summed E-state index contributed by atoms with van der Waals surface area (Å²) in [7, 11) is 0. The van der Waals surface area contributed by atoms with Gasteiger partial charge in [0.1, 0.15) is 10.6 Å². The molecule has 0 amide bonds. The summed E-state index contributed by atoms with van der Waals surface area (Å²) < 4.78 is 14.8. The Balaban J connectivity index is 1.57. The van der Waals surface area contributed by atoms with Gasteiger partial charge >= 0.3 is 0 Å². The third kappa shape index (κ3) is 4.01. The first-order valence-corrected chi connectivity index (χ1v) is 11.1. The Labute approximate surface area is 182 Å². The van der Waals surface area contributed by atoms with Gasteiger partial charge in [0.25, 0.3) is 5.56 Å². The van der Waals surface area contributed by atoms with E-state index in [9.17, 15) is 9.18 Å². The number of benzene rings is 2. The Morgan fingerprint density at radius 1 is 1.10 bits per heavy atom. The third-order valence-corrected chi connectivity index (χ3v) is 6.69. The van der Waals surface area contributed by atoms with Gasteiger partial charge in [-0.1, -0.05) is 42.5 Å². The number of rotatable bonds is 5. The lowest BCUT2D eigenvalue weighted by molar-refractivity contribution is 0.628. The van der Waals surface area contributed by atoms with E-state index < -0.39 is 0 Å². The summed E-state index contributed by atoms with van der Waals surface area (Å²) in [6.45, 7) is 0.404. The van der Waals surface area contributed by atoms with Crippen LogP contribution in [0.25, 0.3) is 10.2 Å². The molecule has 0 fully saturated rings. The fraction of sp³-hybridized carbons (Fsp3) is 0.208. The van der Waals surface area contributed by atoms with Crippen LogP contribution in [-0.4, -0.2) is 15.8 Å². The fourth-order valence-corrected chi connectivity index (χ4v) is 5.20. The van der Waals surface area contributed by atoms with Crippen molar-refractivity contribution in [1.29, 1.82) is 0 Å². The number of hydrogen-bond donors (Lipinski definition) is 1. The van der Waals surface area contributed by atoms with E-state index >= 15 is 0 Å². The molecule has 0 bridgehead atoms. The quantitative estimate of drug-likeness (QED) is 0.358. The second kappa shape index (κ2) is 8.43. The van der Waals surface area contributed by atoms with Crippen molar-refractivity contribution in [3.63, 3.8) is 0 Å². The van der Waals surface area contributed by atoms with E-state index in [1.807, 2.05) is 30.3 Å². The molecular weight excluding hydrogens is 411 g/mol. The molecule has 31 heavy (non-hydrogen) atoms. The maximum Gasteiger partial charge on any atom is 0.264 e. The van der Waals surface area contributed by atoms with Crippen LogP contribution in [0.15, 0.2) is 64.5 Å². The van der Waals surface area contributed by atoms with Gasteiger partial charge in [0.05, 0.1) is 18.1 Å². The second-order valence-electron chi connectivity index (χ2n) is 7.62. The number of aromatic nitrogens is 2. The van der Waals surface area contributed by atoms with E-state index in [2.05, 4.69) is 10.5 Å². The van der Waals surface area contributed by atoms with Crippen molar-refractivity contribution < 1.29 is 4.39 Å². The van der Waals surface area contributed by atoms with Gasteiger partial charge < -0.3 is 0 Å². The number of nitrogens with zero attached hydrogens (tertiary/aromatic N) is 3. The number of fused-ring (bicyclic) bond motifs is 3. The van der Waals surface area contributed by atoms with Crippen molar-refractivity contribution in [2.24, 2.45) is 5.10 Å². The van der Waals surface area contributed by atoms with E-state index in [-0.39, 0.29) is 11.4 Å². The molecule has 156 valence electrons. The molecule has 2 aromatic carbocycles. The summed E-state index contributed by atoms with van der Waals surface area (Å²) in [6, 6.07) is 15.9. The Bertz CT molecular complexity index is 1310. The number of hydrazone groups is 1. The number of aryl methyl sites for hydroxylation is 2. The molecule has 1 N–H and O–H groups in total. The standard InChI is InChI=1S/C24H21FN4OS/c25-18-12-10-16(11-13-18)14-26-28-24-27-22-21(19-8-4-5-9-20(19)31-22)23(30)29(24)15-17-6-2-1-3-7-17/h1-3,6-7,10-14H,4-5,8-9,15H2,(H,27,28). The molecule has 0 aliphatic heterocycles. The van der Waals surface area contributed by atoms with Crippen LogP contribution in [-0.2, 0) is 19.4 Å². The highest BCUT2D eigenvalue weighted by atomic mass is 32.1. The predicted molar refractivity (Wildman–Crippen MR) is 124 cm³/mol. The molecule has 5 rings (SSSR count). The SMILES string of the molecule is O=c1c2c3c(sc2nc(NN=Cc2ccc(F)cc2)n1Cc1ccccc1)CCCC3. The zero-order chi connectivity index (χ0) is 21.2. The normalized spacial score (nSPS) is 13.6. The summed E-state index contributed by atoms with van der Waals surface area (Å²) >= 11 is 1.62. The minimum atomic E-state index is -0.296. The Morgan fingerprint density at radius 3 is 2.68 bits per heavy atom. The largest absolute Gasteiger partial charge is 0.272 e. The van der Waals surface area contributed by atoms with Gasteiger partial charge in [-0.2, -0.15) is 5.10 Å². The van der Waals surface area contributed by atoms with Crippen LogP contribution in [0, 0.1) is 5.82 Å². The van der Waals surface area contributed by atoms with Gasteiger partial charge in [-0.3, -0.25) is 9.36 Å². The van der Waals surface area contributed by atoms with E-state index in [4.69, 9.17) is 4.98 Å². The number of halogens is 1. The van der Waals surface area contributed by atoms with Crippen molar-refractivity contribution in [2.75, 3.05) is 5.43 Å². The average molecular weight is 433 g/mol. The van der Waals surface area contributed by atoms with E-state index in [1.165, 1.54) is 22.6 Å². The summed E-state index contributed by atoms with van der Waals surface area (Å²) in [5, 5.41) is 5.01. The molecule has 2 aromatic heterocycles. The number of anilines is 1. The Kier molecular flexibility index (Phi) is 5.34. The van der Waals surface area contributed by atoms with Gasteiger partial charge in [0.15, 0.2) is 0 Å². The van der Waals surface area contributed by atoms with Gasteiger partial charge in [-0.15, -0.1) is 11.3 Å². The first kappa shape index (κ1) is 19.6. The van der Waals surface area contributed by atoms with Crippen molar-refractivity contribution in [3.8, 4) is 0 Å². The van der Waals surface area contributed by atoms with Crippen LogP contribution < -0.4 is 11.0 Å². The zero-order valence-electron chi connectivity index (χ0n) is 16.8. The number of thiophene rings is 1. The molecule has 2 heterocycles. The molecule has 1 aliphatic carbocycles. The minimum absolute atomic E-state index is 0.0345. The molecule has 4 aromatic rings. The first-order valence-electron chi connectivity index (χ1n) is 10.3. The van der Waals surface area contributed by atoms with Crippen LogP contribution >= 0.6 is 11.3 Å². The monoisotopic (exact) mass is 432 g/mol. The predicted octanol–water partition coefficient (Wildman–Crippen LogP) is 4.97. The fourth-order valence-electron chi connectivity index (χ4n) is 3.95. The van der Waals surface area contributed by atoms with Gasteiger partial charge in [-0.25, -0.2) is 14.8 Å². The maximum absolute atomic E-state index is 13.6. The summed E-state index contributed by atoms with van der Waals surface area (Å²) in [5.41, 5.74) is 5.85. The second-order valence-corrected chi connectivity index (χ2v) is 8.71. The van der Waals surface area contributed by atoms with Crippen molar-refractivity contribution in [1.82, 2.24) is 9.55 Å². The first-order chi connectivity index (χ1) is 15.2. The van der Waals surface area contributed by atoms with Crippen LogP contribution in [0.4, 0.5) is 10.3 Å². The highest BCUT2D eigenvalue weighted by molar-refractivity contribution is 7.18. The smallest absolute Gasteiger partial charge is 0.264 e. The van der Waals surface area contributed by atoms with E-state index in [1.54, 1.807) is 34.3 Å². The van der Waals surface area contributed by atoms with Crippen molar-refractivity contribution >= 4 is 33.7 Å². The minimum Gasteiger partial charge on any atom is -0.272 e. The molecule has 0 spiro atoms. The lowest BCUT2D eigenvalue weighted by Crippen LogP contribution is -2.25. The van der Waals surface area contributed by atoms with Crippen LogP contribution in [0.2, 0.25) is 0 Å². The molecule has 0 unspecified atom stereocenters. The average Bonchev–Trinajstić information content (AvgIpc) is 3.17. The third-order valence-electron chi connectivity index (χ3n) is 5.51. The highest BCUT2D eigenvalue weighted by Crippen LogP contribution is 2.34. The summed E-state index contributed by atoms with van der Waals surface area (Å²) in [4.78, 5) is 20.4. The Morgan fingerprint density at radius 2 is 1.87 bits per heavy atom. The van der Waals surface area contributed by atoms with Gasteiger partial charge in [0, 0.05) is 4.88 Å². The molecule has 0 radical (unpaired) electrons.